The predicted molar refractivity (Wildman–Crippen MR) is 80.1 cm³/mol. The molecule has 3 amide bonds. The van der Waals surface area contributed by atoms with Gasteiger partial charge in [-0.15, -0.1) is 0 Å². The predicted octanol–water partition coefficient (Wildman–Crippen LogP) is 1.81. The second-order valence-electron chi connectivity index (χ2n) is 5.08. The molecule has 1 fully saturated rings. The number of likely N-dealkylation sites (tertiary alicyclic amines) is 1. The fourth-order valence-electron chi connectivity index (χ4n) is 2.40. The lowest BCUT2D eigenvalue weighted by atomic mass is 9.98. The molecule has 0 aromatic heterocycles. The van der Waals surface area contributed by atoms with Crippen LogP contribution in [-0.2, 0) is 4.79 Å². The van der Waals surface area contributed by atoms with Crippen molar-refractivity contribution in [3.8, 4) is 5.75 Å². The summed E-state index contributed by atoms with van der Waals surface area (Å²) >= 11 is 0. The van der Waals surface area contributed by atoms with Crippen LogP contribution in [0.2, 0.25) is 0 Å². The van der Waals surface area contributed by atoms with E-state index in [0.29, 0.717) is 25.4 Å². The zero-order valence-electron chi connectivity index (χ0n) is 12.2. The first-order valence-electron chi connectivity index (χ1n) is 7.18. The number of carbonyl (C=O) groups excluding carboxylic acids is 2. The number of piperidine rings is 1. The molecule has 3 N–H and O–H groups in total. The minimum atomic E-state index is -0.339. The quantitative estimate of drug-likeness (QED) is 0.887. The van der Waals surface area contributed by atoms with Gasteiger partial charge in [0, 0.05) is 18.8 Å². The number of hydrogen-bond donors (Lipinski definition) is 2. The van der Waals surface area contributed by atoms with E-state index in [1.807, 2.05) is 19.1 Å². The Hall–Kier alpha value is -2.24. The molecule has 0 saturated carbocycles. The zero-order valence-corrected chi connectivity index (χ0v) is 12.2. The summed E-state index contributed by atoms with van der Waals surface area (Å²) in [6, 6.07) is 6.99. The molecule has 0 aliphatic carbocycles. The Morgan fingerprint density at radius 3 is 2.71 bits per heavy atom. The highest BCUT2D eigenvalue weighted by atomic mass is 16.5. The van der Waals surface area contributed by atoms with Crippen molar-refractivity contribution in [2.24, 2.45) is 11.7 Å². The number of anilines is 1. The van der Waals surface area contributed by atoms with Crippen LogP contribution in [0.15, 0.2) is 24.3 Å². The molecule has 0 bridgehead atoms. The molecule has 0 radical (unpaired) electrons. The third-order valence-electron chi connectivity index (χ3n) is 3.53. The molecule has 0 unspecified atom stereocenters. The Kier molecular flexibility index (Phi) is 5.03. The van der Waals surface area contributed by atoms with Crippen LogP contribution in [0.3, 0.4) is 0 Å². The van der Waals surface area contributed by atoms with E-state index in [0.717, 1.165) is 18.6 Å². The number of nitrogens with one attached hydrogen (secondary N) is 1. The molecule has 6 nitrogen and oxygen atoms in total. The summed E-state index contributed by atoms with van der Waals surface area (Å²) in [5.74, 6) is 0.181. The lowest BCUT2D eigenvalue weighted by molar-refractivity contribution is -0.123. The Labute approximate surface area is 124 Å². The van der Waals surface area contributed by atoms with E-state index < -0.39 is 0 Å². The highest BCUT2D eigenvalue weighted by Gasteiger charge is 2.26. The van der Waals surface area contributed by atoms with E-state index in [2.05, 4.69) is 5.32 Å². The van der Waals surface area contributed by atoms with Gasteiger partial charge in [0.1, 0.15) is 5.75 Å². The number of ether oxygens (including phenoxy) is 1. The van der Waals surface area contributed by atoms with Gasteiger partial charge in [0.25, 0.3) is 0 Å². The van der Waals surface area contributed by atoms with Crippen LogP contribution in [0, 0.1) is 5.92 Å². The molecule has 2 rings (SSSR count). The molecular formula is C15H21N3O3. The van der Waals surface area contributed by atoms with Crippen LogP contribution in [0.5, 0.6) is 5.75 Å². The minimum absolute atomic E-state index is 0.204. The van der Waals surface area contributed by atoms with Gasteiger partial charge in [0.05, 0.1) is 12.5 Å². The van der Waals surface area contributed by atoms with Gasteiger partial charge in [0.15, 0.2) is 0 Å². The normalized spacial score (nSPS) is 18.1. The maximum Gasteiger partial charge on any atom is 0.321 e. The van der Waals surface area contributed by atoms with Gasteiger partial charge in [-0.1, -0.05) is 0 Å². The number of nitrogens with zero attached hydrogens (tertiary/aromatic N) is 1. The average Bonchev–Trinajstić information content (AvgIpc) is 2.49. The Balaban J connectivity index is 1.92. The van der Waals surface area contributed by atoms with Crippen LogP contribution >= 0.6 is 0 Å². The van der Waals surface area contributed by atoms with E-state index in [1.165, 1.54) is 0 Å². The van der Waals surface area contributed by atoms with E-state index in [1.54, 1.807) is 17.0 Å². The number of primary amides is 1. The smallest absolute Gasteiger partial charge is 0.321 e. The maximum absolute atomic E-state index is 12.2. The van der Waals surface area contributed by atoms with Gasteiger partial charge in [-0.05, 0) is 44.0 Å². The fraction of sp³-hybridized carbons (Fsp3) is 0.467. The Morgan fingerprint density at radius 2 is 2.10 bits per heavy atom. The van der Waals surface area contributed by atoms with Gasteiger partial charge in [0.2, 0.25) is 5.91 Å². The Morgan fingerprint density at radius 1 is 1.38 bits per heavy atom. The standard InChI is InChI=1S/C15H21N3O3/c1-2-21-13-7-5-12(6-8-13)17-15(20)18-9-3-4-11(10-18)14(16)19/h5-8,11H,2-4,9-10H2,1H3,(H2,16,19)(H,17,20)/t11-/m1/s1. The van der Waals surface area contributed by atoms with Gasteiger partial charge in [-0.3, -0.25) is 4.79 Å². The lowest BCUT2D eigenvalue weighted by Gasteiger charge is -2.31. The molecule has 1 aliphatic rings. The second kappa shape index (κ2) is 6.97. The molecule has 0 spiro atoms. The number of nitrogens with two attached hydrogens (primary N) is 1. The summed E-state index contributed by atoms with van der Waals surface area (Å²) in [6.45, 7) is 3.56. The lowest BCUT2D eigenvalue weighted by Crippen LogP contribution is -2.45. The number of amides is 3. The van der Waals surface area contributed by atoms with Crippen molar-refractivity contribution in [3.05, 3.63) is 24.3 Å². The van der Waals surface area contributed by atoms with Gasteiger partial charge < -0.3 is 20.7 Å². The van der Waals surface area contributed by atoms with E-state index in [4.69, 9.17) is 10.5 Å². The minimum Gasteiger partial charge on any atom is -0.494 e. The number of carbonyl (C=O) groups is 2. The van der Waals surface area contributed by atoms with Crippen LogP contribution in [0.4, 0.5) is 10.5 Å². The maximum atomic E-state index is 12.2. The van der Waals surface area contributed by atoms with E-state index in [-0.39, 0.29) is 17.9 Å². The molecule has 1 heterocycles. The molecule has 1 saturated heterocycles. The van der Waals surface area contributed by atoms with E-state index >= 15 is 0 Å². The first-order chi connectivity index (χ1) is 10.1. The van der Waals surface area contributed by atoms with Crippen molar-refractivity contribution in [2.75, 3.05) is 25.0 Å². The molecule has 1 aromatic rings. The summed E-state index contributed by atoms with van der Waals surface area (Å²) in [5, 5.41) is 2.82. The van der Waals surface area contributed by atoms with E-state index in [9.17, 15) is 9.59 Å². The molecular weight excluding hydrogens is 270 g/mol. The molecule has 114 valence electrons. The first kappa shape index (κ1) is 15.2. The monoisotopic (exact) mass is 291 g/mol. The zero-order chi connectivity index (χ0) is 15.2. The van der Waals surface area contributed by atoms with Crippen molar-refractivity contribution in [3.63, 3.8) is 0 Å². The number of benzene rings is 1. The summed E-state index contributed by atoms with van der Waals surface area (Å²) in [6.07, 6.45) is 1.55. The van der Waals surface area contributed by atoms with Crippen LogP contribution < -0.4 is 15.8 Å². The van der Waals surface area contributed by atoms with Crippen molar-refractivity contribution in [2.45, 2.75) is 19.8 Å². The molecule has 1 atom stereocenters. The molecule has 1 aliphatic heterocycles. The highest BCUT2D eigenvalue weighted by Crippen LogP contribution is 2.19. The third-order valence-corrected chi connectivity index (χ3v) is 3.53. The second-order valence-corrected chi connectivity index (χ2v) is 5.08. The van der Waals surface area contributed by atoms with Crippen molar-refractivity contribution in [1.29, 1.82) is 0 Å². The largest absolute Gasteiger partial charge is 0.494 e. The van der Waals surface area contributed by atoms with Crippen LogP contribution in [0.1, 0.15) is 19.8 Å². The Bertz CT molecular complexity index is 501. The average molecular weight is 291 g/mol. The number of urea groups is 1. The number of rotatable bonds is 4. The summed E-state index contributed by atoms with van der Waals surface area (Å²) in [7, 11) is 0. The fourth-order valence-corrected chi connectivity index (χ4v) is 2.40. The molecule has 1 aromatic carbocycles. The SMILES string of the molecule is CCOc1ccc(NC(=O)N2CCC[C@@H](C(N)=O)C2)cc1. The summed E-state index contributed by atoms with van der Waals surface area (Å²) < 4.78 is 5.35. The summed E-state index contributed by atoms with van der Waals surface area (Å²) in [4.78, 5) is 25.0. The molecule has 21 heavy (non-hydrogen) atoms. The van der Waals surface area contributed by atoms with Crippen molar-refractivity contribution >= 4 is 17.6 Å². The van der Waals surface area contributed by atoms with Gasteiger partial charge in [-0.2, -0.15) is 0 Å². The van der Waals surface area contributed by atoms with Crippen LogP contribution in [-0.4, -0.2) is 36.5 Å². The van der Waals surface area contributed by atoms with Crippen LogP contribution in [0.25, 0.3) is 0 Å². The van der Waals surface area contributed by atoms with Crippen molar-refractivity contribution < 1.29 is 14.3 Å². The highest BCUT2D eigenvalue weighted by molar-refractivity contribution is 5.90. The number of hydrogen-bond acceptors (Lipinski definition) is 3. The van der Waals surface area contributed by atoms with Gasteiger partial charge >= 0.3 is 6.03 Å². The topological polar surface area (TPSA) is 84.7 Å². The van der Waals surface area contributed by atoms with Gasteiger partial charge in [-0.25, -0.2) is 4.79 Å². The molecule has 6 heteroatoms. The third kappa shape index (κ3) is 4.11. The van der Waals surface area contributed by atoms with Crippen molar-refractivity contribution in [1.82, 2.24) is 4.90 Å². The first-order valence-corrected chi connectivity index (χ1v) is 7.18. The summed E-state index contributed by atoms with van der Waals surface area (Å²) in [5.41, 5.74) is 6.01.